The molecule has 0 spiro atoms. The summed E-state index contributed by atoms with van der Waals surface area (Å²) in [6, 6.07) is 6.81. The Kier molecular flexibility index (Phi) is 5.83. The Labute approximate surface area is 135 Å². The molecule has 118 valence electrons. The van der Waals surface area contributed by atoms with Crippen molar-refractivity contribution < 1.29 is 4.92 Å². The maximum absolute atomic E-state index is 10.9. The smallest absolute Gasteiger partial charge is 0.278 e. The second-order valence-corrected chi connectivity index (χ2v) is 5.94. The van der Waals surface area contributed by atoms with E-state index < -0.39 is 4.92 Å². The fourth-order valence-corrected chi connectivity index (χ4v) is 2.86. The molecule has 0 amide bonds. The predicted octanol–water partition coefficient (Wildman–Crippen LogP) is 2.97. The number of thiocarbonyl (C=S) groups is 1. The van der Waals surface area contributed by atoms with E-state index in [1.165, 1.54) is 31.5 Å². The summed E-state index contributed by atoms with van der Waals surface area (Å²) < 4.78 is 0. The molecular formula is C15H20N4O2S. The molecular weight excluding hydrogens is 300 g/mol. The van der Waals surface area contributed by atoms with Crippen LogP contribution in [0.15, 0.2) is 29.4 Å². The molecule has 1 aromatic rings. The van der Waals surface area contributed by atoms with Gasteiger partial charge in [0.1, 0.15) is 0 Å². The van der Waals surface area contributed by atoms with Gasteiger partial charge in [0.25, 0.3) is 5.69 Å². The van der Waals surface area contributed by atoms with E-state index in [0.717, 1.165) is 6.42 Å². The number of nitrogens with zero attached hydrogens (tertiary/aromatic N) is 2. The zero-order valence-electron chi connectivity index (χ0n) is 12.5. The van der Waals surface area contributed by atoms with Crippen LogP contribution in [0.2, 0.25) is 0 Å². The van der Waals surface area contributed by atoms with E-state index in [1.807, 2.05) is 0 Å². The van der Waals surface area contributed by atoms with Crippen molar-refractivity contribution in [3.8, 4) is 0 Å². The molecule has 1 saturated carbocycles. The zero-order chi connectivity index (χ0) is 15.9. The van der Waals surface area contributed by atoms with Crippen molar-refractivity contribution in [2.45, 2.75) is 38.6 Å². The summed E-state index contributed by atoms with van der Waals surface area (Å²) >= 11 is 5.22. The fourth-order valence-electron chi connectivity index (χ4n) is 2.65. The molecule has 0 aromatic heterocycles. The Hall–Kier alpha value is -2.02. The summed E-state index contributed by atoms with van der Waals surface area (Å²) in [5.74, 6) is 0.590. The van der Waals surface area contributed by atoms with Crippen molar-refractivity contribution in [3.63, 3.8) is 0 Å². The van der Waals surface area contributed by atoms with Gasteiger partial charge in [-0.1, -0.05) is 31.9 Å². The van der Waals surface area contributed by atoms with Gasteiger partial charge in [0.2, 0.25) is 0 Å². The molecule has 0 unspecified atom stereocenters. The van der Waals surface area contributed by atoms with Crippen LogP contribution in [0.5, 0.6) is 0 Å². The summed E-state index contributed by atoms with van der Waals surface area (Å²) in [6.07, 6.45) is 6.21. The maximum Gasteiger partial charge on any atom is 0.278 e. The Bertz CT molecular complexity index is 576. The van der Waals surface area contributed by atoms with Crippen molar-refractivity contribution >= 4 is 29.2 Å². The third kappa shape index (κ3) is 4.49. The van der Waals surface area contributed by atoms with E-state index in [1.54, 1.807) is 18.2 Å². The average molecular weight is 320 g/mol. The molecule has 0 aliphatic heterocycles. The van der Waals surface area contributed by atoms with E-state index in [-0.39, 0.29) is 5.69 Å². The van der Waals surface area contributed by atoms with E-state index in [2.05, 4.69) is 22.8 Å². The lowest BCUT2D eigenvalue weighted by Crippen LogP contribution is -2.44. The topological polar surface area (TPSA) is 79.6 Å². The minimum atomic E-state index is -0.429. The Morgan fingerprint density at radius 2 is 2.14 bits per heavy atom. The largest absolute Gasteiger partial charge is 0.358 e. The summed E-state index contributed by atoms with van der Waals surface area (Å²) in [7, 11) is 0. The van der Waals surface area contributed by atoms with E-state index in [4.69, 9.17) is 12.2 Å². The summed E-state index contributed by atoms with van der Waals surface area (Å²) in [5, 5.41) is 18.6. The summed E-state index contributed by atoms with van der Waals surface area (Å²) in [6.45, 7) is 2.22. The number of nitrogens with one attached hydrogen (secondary N) is 2. The number of hydrogen-bond donors (Lipinski definition) is 2. The summed E-state index contributed by atoms with van der Waals surface area (Å²) in [4.78, 5) is 10.5. The highest BCUT2D eigenvalue weighted by atomic mass is 32.1. The highest BCUT2D eigenvalue weighted by Crippen LogP contribution is 2.23. The average Bonchev–Trinajstić information content (AvgIpc) is 2.50. The molecule has 1 aliphatic rings. The molecule has 7 heteroatoms. The van der Waals surface area contributed by atoms with Crippen LogP contribution in [0.3, 0.4) is 0 Å². The lowest BCUT2D eigenvalue weighted by Gasteiger charge is -2.30. The molecule has 6 nitrogen and oxygen atoms in total. The number of hydrazone groups is 1. The summed E-state index contributed by atoms with van der Waals surface area (Å²) in [5.41, 5.74) is 3.19. The molecule has 2 rings (SSSR count). The van der Waals surface area contributed by atoms with Gasteiger partial charge in [-0.2, -0.15) is 5.10 Å². The minimum absolute atomic E-state index is 0.0211. The number of benzene rings is 1. The minimum Gasteiger partial charge on any atom is -0.358 e. The third-order valence-electron chi connectivity index (χ3n) is 3.93. The van der Waals surface area contributed by atoms with Crippen LogP contribution in [0.1, 0.15) is 38.2 Å². The van der Waals surface area contributed by atoms with E-state index in [0.29, 0.717) is 22.6 Å². The van der Waals surface area contributed by atoms with Gasteiger partial charge < -0.3 is 5.32 Å². The molecule has 1 aliphatic carbocycles. The standard InChI is InChI=1S/C15H20N4O2S/c1-11-6-2-4-8-13(11)17-15(22)18-16-10-12-7-3-5-9-14(12)19(20)21/h3,5,7,9-11,13H,2,4,6,8H2,1H3,(H2,17,18,22)/b16-10-/t11-,13+/m1/s1. The monoisotopic (exact) mass is 320 g/mol. The molecule has 0 heterocycles. The number of nitro groups is 1. The highest BCUT2D eigenvalue weighted by molar-refractivity contribution is 7.80. The number of para-hydroxylation sites is 1. The predicted molar refractivity (Wildman–Crippen MR) is 91.0 cm³/mol. The highest BCUT2D eigenvalue weighted by Gasteiger charge is 2.21. The molecule has 22 heavy (non-hydrogen) atoms. The fraction of sp³-hybridized carbons (Fsp3) is 0.467. The van der Waals surface area contributed by atoms with Crippen molar-refractivity contribution in [1.29, 1.82) is 0 Å². The van der Waals surface area contributed by atoms with Crippen molar-refractivity contribution in [2.24, 2.45) is 11.0 Å². The van der Waals surface area contributed by atoms with Gasteiger partial charge in [0.15, 0.2) is 5.11 Å². The first-order valence-electron chi connectivity index (χ1n) is 7.41. The van der Waals surface area contributed by atoms with Crippen molar-refractivity contribution in [2.75, 3.05) is 0 Å². The number of nitro benzene ring substituents is 1. The molecule has 0 saturated heterocycles. The quantitative estimate of drug-likeness (QED) is 0.386. The SMILES string of the molecule is C[C@@H]1CCCC[C@@H]1NC(=S)N/N=C\c1ccccc1[N+](=O)[O-]. The number of rotatable bonds is 4. The van der Waals surface area contributed by atoms with Crippen LogP contribution in [0.25, 0.3) is 0 Å². The van der Waals surface area contributed by atoms with Crippen LogP contribution in [-0.4, -0.2) is 22.3 Å². The van der Waals surface area contributed by atoms with Gasteiger partial charge in [0.05, 0.1) is 16.7 Å². The Morgan fingerprint density at radius 3 is 2.86 bits per heavy atom. The molecule has 0 radical (unpaired) electrons. The van der Waals surface area contributed by atoms with Gasteiger partial charge in [-0.05, 0) is 37.0 Å². The molecule has 2 N–H and O–H groups in total. The van der Waals surface area contributed by atoms with Gasteiger partial charge in [0, 0.05) is 12.1 Å². The van der Waals surface area contributed by atoms with Gasteiger partial charge in [-0.3, -0.25) is 15.5 Å². The molecule has 0 bridgehead atoms. The van der Waals surface area contributed by atoms with Crippen LogP contribution in [0.4, 0.5) is 5.69 Å². The van der Waals surface area contributed by atoms with Crippen LogP contribution in [0, 0.1) is 16.0 Å². The second kappa shape index (κ2) is 7.84. The lowest BCUT2D eigenvalue weighted by molar-refractivity contribution is -0.385. The van der Waals surface area contributed by atoms with E-state index >= 15 is 0 Å². The number of hydrogen-bond acceptors (Lipinski definition) is 4. The van der Waals surface area contributed by atoms with Crippen molar-refractivity contribution in [3.05, 3.63) is 39.9 Å². The maximum atomic E-state index is 10.9. The molecule has 1 fully saturated rings. The van der Waals surface area contributed by atoms with E-state index in [9.17, 15) is 10.1 Å². The van der Waals surface area contributed by atoms with Gasteiger partial charge >= 0.3 is 0 Å². The Balaban J connectivity index is 1.89. The third-order valence-corrected chi connectivity index (χ3v) is 4.14. The zero-order valence-corrected chi connectivity index (χ0v) is 13.3. The van der Waals surface area contributed by atoms with Crippen LogP contribution < -0.4 is 10.7 Å². The Morgan fingerprint density at radius 1 is 1.41 bits per heavy atom. The lowest BCUT2D eigenvalue weighted by atomic mass is 9.86. The second-order valence-electron chi connectivity index (χ2n) is 5.53. The van der Waals surface area contributed by atoms with Gasteiger partial charge in [-0.25, -0.2) is 0 Å². The van der Waals surface area contributed by atoms with Crippen LogP contribution in [-0.2, 0) is 0 Å². The van der Waals surface area contributed by atoms with Gasteiger partial charge in [-0.15, -0.1) is 0 Å². The molecule has 2 atom stereocenters. The first-order chi connectivity index (χ1) is 10.6. The van der Waals surface area contributed by atoms with Crippen molar-refractivity contribution in [1.82, 2.24) is 10.7 Å². The van der Waals surface area contributed by atoms with Crippen LogP contribution >= 0.6 is 12.2 Å². The first-order valence-corrected chi connectivity index (χ1v) is 7.81. The normalized spacial score (nSPS) is 21.5. The molecule has 1 aromatic carbocycles. The first kappa shape index (κ1) is 16.4.